The van der Waals surface area contributed by atoms with Gasteiger partial charge in [-0.15, -0.1) is 0 Å². The van der Waals surface area contributed by atoms with Crippen LogP contribution in [0.1, 0.15) is 37.9 Å². The Bertz CT molecular complexity index is 1090. The minimum Gasteiger partial charge on any atom is -0.384 e. The molecule has 2 aromatic rings. The molecule has 196 valence electrons. The minimum absolute atomic E-state index is 0.0896. The molecule has 2 aliphatic rings. The van der Waals surface area contributed by atoms with Gasteiger partial charge >= 0.3 is 12.2 Å². The molecule has 2 fully saturated rings. The summed E-state index contributed by atoms with van der Waals surface area (Å²) in [6.45, 7) is 8.32. The molecule has 2 amide bonds. The summed E-state index contributed by atoms with van der Waals surface area (Å²) >= 11 is 0. The SMILES string of the molecule is Cc1ccc(NC(=O)N2CCC(CC(F)(F)F)C2)cc1-c1cc(N2CCOCC2)nc(C(C)(C)O)c1. The first kappa shape index (κ1) is 26.2. The van der Waals surface area contributed by atoms with Gasteiger partial charge in [-0.3, -0.25) is 0 Å². The lowest BCUT2D eigenvalue weighted by Gasteiger charge is -2.30. The molecule has 1 unspecified atom stereocenters. The van der Waals surface area contributed by atoms with E-state index in [0.29, 0.717) is 50.7 Å². The first-order chi connectivity index (χ1) is 16.9. The number of anilines is 2. The Morgan fingerprint density at radius 2 is 1.89 bits per heavy atom. The number of alkyl halides is 3. The van der Waals surface area contributed by atoms with Gasteiger partial charge in [-0.2, -0.15) is 13.2 Å². The number of nitrogens with one attached hydrogen (secondary N) is 1. The van der Waals surface area contributed by atoms with E-state index in [-0.39, 0.29) is 6.54 Å². The van der Waals surface area contributed by atoms with Crippen LogP contribution in [0.2, 0.25) is 0 Å². The quantitative estimate of drug-likeness (QED) is 0.602. The van der Waals surface area contributed by atoms with E-state index in [0.717, 1.165) is 22.5 Å². The van der Waals surface area contributed by atoms with E-state index in [2.05, 4.69) is 10.2 Å². The number of carbonyl (C=O) groups excluding carboxylic acids is 1. The Hall–Kier alpha value is -2.85. The van der Waals surface area contributed by atoms with Crippen molar-refractivity contribution in [1.82, 2.24) is 9.88 Å². The molecule has 0 radical (unpaired) electrons. The molecule has 0 spiro atoms. The van der Waals surface area contributed by atoms with Gasteiger partial charge in [0.1, 0.15) is 11.4 Å². The first-order valence-corrected chi connectivity index (χ1v) is 12.2. The van der Waals surface area contributed by atoms with Crippen molar-refractivity contribution in [3.63, 3.8) is 0 Å². The highest BCUT2D eigenvalue weighted by Crippen LogP contribution is 2.34. The van der Waals surface area contributed by atoms with Crippen LogP contribution in [-0.2, 0) is 10.3 Å². The van der Waals surface area contributed by atoms with Gasteiger partial charge in [0, 0.05) is 38.3 Å². The number of halogens is 3. The van der Waals surface area contributed by atoms with Crippen LogP contribution in [0.25, 0.3) is 11.1 Å². The minimum atomic E-state index is -4.23. The Kier molecular flexibility index (Phi) is 7.47. The summed E-state index contributed by atoms with van der Waals surface area (Å²) in [4.78, 5) is 21.0. The number of rotatable bonds is 5. The number of pyridine rings is 1. The molecule has 7 nitrogen and oxygen atoms in total. The molecule has 4 rings (SSSR count). The largest absolute Gasteiger partial charge is 0.389 e. The molecule has 2 saturated heterocycles. The van der Waals surface area contributed by atoms with Gasteiger partial charge in [-0.25, -0.2) is 9.78 Å². The molecule has 0 aliphatic carbocycles. The molecule has 36 heavy (non-hydrogen) atoms. The van der Waals surface area contributed by atoms with Crippen LogP contribution in [-0.4, -0.2) is 66.6 Å². The number of morpholine rings is 1. The summed E-state index contributed by atoms with van der Waals surface area (Å²) in [5, 5.41) is 13.5. The molecular weight excluding hydrogens is 473 g/mol. The van der Waals surface area contributed by atoms with Crippen LogP contribution in [0.15, 0.2) is 30.3 Å². The molecule has 2 aliphatic heterocycles. The third kappa shape index (κ3) is 6.47. The first-order valence-electron chi connectivity index (χ1n) is 12.2. The lowest BCUT2D eigenvalue weighted by Crippen LogP contribution is -2.37. The number of likely N-dealkylation sites (tertiary alicyclic amines) is 1. The predicted molar refractivity (Wildman–Crippen MR) is 132 cm³/mol. The smallest absolute Gasteiger partial charge is 0.384 e. The van der Waals surface area contributed by atoms with Crippen LogP contribution in [0.5, 0.6) is 0 Å². The number of hydrogen-bond donors (Lipinski definition) is 2. The number of carbonyl (C=O) groups is 1. The Balaban J connectivity index is 1.57. The van der Waals surface area contributed by atoms with E-state index in [1.165, 1.54) is 4.90 Å². The number of urea groups is 1. The Morgan fingerprint density at radius 3 is 2.56 bits per heavy atom. The zero-order chi connectivity index (χ0) is 26.1. The molecule has 0 saturated carbocycles. The maximum atomic E-state index is 12.8. The van der Waals surface area contributed by atoms with Gasteiger partial charge in [0.25, 0.3) is 0 Å². The average Bonchev–Trinajstić information content (AvgIpc) is 3.27. The van der Waals surface area contributed by atoms with Crippen molar-refractivity contribution < 1.29 is 27.8 Å². The molecular formula is C26H33F3N4O3. The third-order valence-electron chi connectivity index (χ3n) is 6.67. The number of hydrogen-bond acceptors (Lipinski definition) is 5. The average molecular weight is 507 g/mol. The van der Waals surface area contributed by atoms with Crippen molar-refractivity contribution in [2.75, 3.05) is 49.6 Å². The second-order valence-electron chi connectivity index (χ2n) is 10.1. The van der Waals surface area contributed by atoms with Crippen LogP contribution in [0.3, 0.4) is 0 Å². The molecule has 1 atom stereocenters. The van der Waals surface area contributed by atoms with E-state index < -0.39 is 30.1 Å². The van der Waals surface area contributed by atoms with Crippen molar-refractivity contribution in [2.45, 2.75) is 45.4 Å². The zero-order valence-electron chi connectivity index (χ0n) is 20.9. The number of aromatic nitrogens is 1. The van der Waals surface area contributed by atoms with Gasteiger partial charge in [-0.05, 0) is 74.1 Å². The number of aliphatic hydroxyl groups is 1. The van der Waals surface area contributed by atoms with E-state index in [1.807, 2.05) is 31.2 Å². The van der Waals surface area contributed by atoms with Crippen molar-refractivity contribution in [1.29, 1.82) is 0 Å². The monoisotopic (exact) mass is 506 g/mol. The second kappa shape index (κ2) is 10.3. The number of aryl methyl sites for hydroxylation is 1. The maximum Gasteiger partial charge on any atom is 0.389 e. The van der Waals surface area contributed by atoms with Crippen molar-refractivity contribution >= 4 is 17.5 Å². The van der Waals surface area contributed by atoms with Gasteiger partial charge < -0.3 is 25.0 Å². The zero-order valence-corrected chi connectivity index (χ0v) is 20.9. The molecule has 1 aromatic carbocycles. The highest BCUT2D eigenvalue weighted by molar-refractivity contribution is 5.90. The van der Waals surface area contributed by atoms with Gasteiger partial charge in [0.05, 0.1) is 18.9 Å². The van der Waals surface area contributed by atoms with Crippen LogP contribution in [0, 0.1) is 12.8 Å². The fraction of sp³-hybridized carbons (Fsp3) is 0.538. The lowest BCUT2D eigenvalue weighted by molar-refractivity contribution is -0.143. The predicted octanol–water partition coefficient (Wildman–Crippen LogP) is 4.93. The Labute approximate surface area is 209 Å². The van der Waals surface area contributed by atoms with E-state index in [1.54, 1.807) is 19.9 Å². The van der Waals surface area contributed by atoms with Crippen molar-refractivity contribution in [3.8, 4) is 11.1 Å². The topological polar surface area (TPSA) is 77.9 Å². The second-order valence-corrected chi connectivity index (χ2v) is 10.1. The molecule has 0 bridgehead atoms. The third-order valence-corrected chi connectivity index (χ3v) is 6.67. The molecule has 1 aromatic heterocycles. The van der Waals surface area contributed by atoms with Crippen molar-refractivity contribution in [2.24, 2.45) is 5.92 Å². The summed E-state index contributed by atoms with van der Waals surface area (Å²) < 4.78 is 43.6. The molecule has 10 heteroatoms. The van der Waals surface area contributed by atoms with Crippen LogP contribution in [0.4, 0.5) is 29.5 Å². The lowest BCUT2D eigenvalue weighted by atomic mass is 9.96. The number of amides is 2. The fourth-order valence-electron chi connectivity index (χ4n) is 4.66. The molecule has 2 N–H and O–H groups in total. The summed E-state index contributed by atoms with van der Waals surface area (Å²) in [5.41, 5.74) is 2.62. The number of benzene rings is 1. The van der Waals surface area contributed by atoms with Gasteiger partial charge in [0.15, 0.2) is 0 Å². The highest BCUT2D eigenvalue weighted by atomic mass is 19.4. The van der Waals surface area contributed by atoms with Gasteiger partial charge in [0.2, 0.25) is 0 Å². The summed E-state index contributed by atoms with van der Waals surface area (Å²) in [5.74, 6) is 0.176. The van der Waals surface area contributed by atoms with Crippen LogP contribution >= 0.6 is 0 Å². The van der Waals surface area contributed by atoms with Gasteiger partial charge in [-0.1, -0.05) is 6.07 Å². The van der Waals surface area contributed by atoms with E-state index in [4.69, 9.17) is 9.72 Å². The van der Waals surface area contributed by atoms with E-state index in [9.17, 15) is 23.1 Å². The number of ether oxygens (including phenoxy) is 1. The summed E-state index contributed by atoms with van der Waals surface area (Å²) in [6.07, 6.45) is -4.76. The molecule has 3 heterocycles. The fourth-order valence-corrected chi connectivity index (χ4v) is 4.66. The Morgan fingerprint density at radius 1 is 1.17 bits per heavy atom. The standard InChI is InChI=1S/C26H33F3N4O3/c1-17-4-5-20(30-24(34)33-7-6-18(16-33)15-26(27,28)29)14-21(17)19-12-22(25(2,3)35)31-23(13-19)32-8-10-36-11-9-32/h4-5,12-14,18,35H,6-11,15-16H2,1-3H3,(H,30,34). The van der Waals surface area contributed by atoms with E-state index >= 15 is 0 Å². The van der Waals surface area contributed by atoms with Crippen molar-refractivity contribution in [3.05, 3.63) is 41.6 Å². The van der Waals surface area contributed by atoms with Crippen LogP contribution < -0.4 is 10.2 Å². The highest BCUT2D eigenvalue weighted by Gasteiger charge is 2.36. The number of nitrogens with zero attached hydrogens (tertiary/aromatic N) is 3. The summed E-state index contributed by atoms with van der Waals surface area (Å²) in [7, 11) is 0. The maximum absolute atomic E-state index is 12.8. The normalized spacial score (nSPS) is 19.0. The summed E-state index contributed by atoms with van der Waals surface area (Å²) in [6, 6.07) is 8.93.